The molecular formula is C13H11N3. The predicted molar refractivity (Wildman–Crippen MR) is 61.5 cm³/mol. The standard InChI is InChI=1S/C13H11N3/c1-10-6-11(4-5-14)2-3-13(10)12-7-15-9-16-8-12/h2-3,6-9H,4H2,1H3. The van der Waals surface area contributed by atoms with Gasteiger partial charge in [0.25, 0.3) is 0 Å². The lowest BCUT2D eigenvalue weighted by Gasteiger charge is -2.06. The van der Waals surface area contributed by atoms with E-state index in [1.54, 1.807) is 12.4 Å². The predicted octanol–water partition coefficient (Wildman–Crippen LogP) is 2.52. The molecule has 0 saturated carbocycles. The minimum Gasteiger partial charge on any atom is -0.244 e. The number of aromatic nitrogens is 2. The summed E-state index contributed by atoms with van der Waals surface area (Å²) in [5.74, 6) is 0. The van der Waals surface area contributed by atoms with Crippen molar-refractivity contribution in [3.8, 4) is 17.2 Å². The highest BCUT2D eigenvalue weighted by Gasteiger charge is 2.03. The number of rotatable bonds is 2. The zero-order valence-corrected chi connectivity index (χ0v) is 9.01. The summed E-state index contributed by atoms with van der Waals surface area (Å²) in [5, 5.41) is 8.63. The van der Waals surface area contributed by atoms with Crippen LogP contribution in [0.25, 0.3) is 11.1 Å². The molecule has 0 aliphatic carbocycles. The van der Waals surface area contributed by atoms with Gasteiger partial charge < -0.3 is 0 Å². The van der Waals surface area contributed by atoms with Crippen LogP contribution in [-0.4, -0.2) is 9.97 Å². The van der Waals surface area contributed by atoms with Crippen LogP contribution >= 0.6 is 0 Å². The molecule has 1 heterocycles. The quantitative estimate of drug-likeness (QED) is 0.763. The molecule has 0 aliphatic rings. The first-order valence-corrected chi connectivity index (χ1v) is 5.03. The summed E-state index contributed by atoms with van der Waals surface area (Å²) in [6.07, 6.45) is 5.55. The van der Waals surface area contributed by atoms with E-state index in [0.29, 0.717) is 6.42 Å². The highest BCUT2D eigenvalue weighted by Crippen LogP contribution is 2.22. The van der Waals surface area contributed by atoms with Crippen molar-refractivity contribution in [3.63, 3.8) is 0 Å². The van der Waals surface area contributed by atoms with Crippen LogP contribution in [0.15, 0.2) is 36.9 Å². The summed E-state index contributed by atoms with van der Waals surface area (Å²) in [4.78, 5) is 7.99. The Labute approximate surface area is 94.4 Å². The number of benzene rings is 1. The van der Waals surface area contributed by atoms with Crippen molar-refractivity contribution < 1.29 is 0 Å². The molecule has 2 aromatic rings. The van der Waals surface area contributed by atoms with Crippen LogP contribution in [0.5, 0.6) is 0 Å². The van der Waals surface area contributed by atoms with Gasteiger partial charge in [-0.05, 0) is 23.6 Å². The SMILES string of the molecule is Cc1cc(CC#N)ccc1-c1cncnc1. The third-order valence-corrected chi connectivity index (χ3v) is 2.45. The van der Waals surface area contributed by atoms with Crippen molar-refractivity contribution in [1.82, 2.24) is 9.97 Å². The van der Waals surface area contributed by atoms with Gasteiger partial charge in [0.2, 0.25) is 0 Å². The molecule has 1 aromatic carbocycles. The normalized spacial score (nSPS) is 9.75. The Bertz CT molecular complexity index is 527. The second-order valence-corrected chi connectivity index (χ2v) is 3.61. The summed E-state index contributed by atoms with van der Waals surface area (Å²) in [5.41, 5.74) is 4.30. The maximum atomic E-state index is 8.63. The average molecular weight is 209 g/mol. The van der Waals surface area contributed by atoms with E-state index in [2.05, 4.69) is 16.0 Å². The Kier molecular flexibility index (Phi) is 2.93. The Morgan fingerprint density at radius 1 is 1.25 bits per heavy atom. The fourth-order valence-corrected chi connectivity index (χ4v) is 1.69. The molecule has 2 rings (SSSR count). The fourth-order valence-electron chi connectivity index (χ4n) is 1.69. The van der Waals surface area contributed by atoms with E-state index in [4.69, 9.17) is 5.26 Å². The maximum Gasteiger partial charge on any atom is 0.115 e. The molecule has 0 atom stereocenters. The molecule has 0 N–H and O–H groups in total. The zero-order chi connectivity index (χ0) is 11.4. The number of aryl methyl sites for hydroxylation is 1. The molecule has 0 radical (unpaired) electrons. The van der Waals surface area contributed by atoms with Crippen molar-refractivity contribution >= 4 is 0 Å². The van der Waals surface area contributed by atoms with Gasteiger partial charge in [0.1, 0.15) is 6.33 Å². The molecule has 3 heteroatoms. The number of nitrogens with zero attached hydrogens (tertiary/aromatic N) is 3. The van der Waals surface area contributed by atoms with Crippen molar-refractivity contribution in [1.29, 1.82) is 5.26 Å². The first-order valence-electron chi connectivity index (χ1n) is 5.03. The fraction of sp³-hybridized carbons (Fsp3) is 0.154. The van der Waals surface area contributed by atoms with Gasteiger partial charge in [0.15, 0.2) is 0 Å². The first-order chi connectivity index (χ1) is 7.81. The van der Waals surface area contributed by atoms with Crippen LogP contribution in [0, 0.1) is 18.3 Å². The van der Waals surface area contributed by atoms with E-state index >= 15 is 0 Å². The second-order valence-electron chi connectivity index (χ2n) is 3.61. The van der Waals surface area contributed by atoms with Crippen molar-refractivity contribution in [3.05, 3.63) is 48.0 Å². The van der Waals surface area contributed by atoms with Crippen LogP contribution in [0.1, 0.15) is 11.1 Å². The highest BCUT2D eigenvalue weighted by molar-refractivity contribution is 5.65. The molecule has 3 nitrogen and oxygen atoms in total. The van der Waals surface area contributed by atoms with Crippen LogP contribution < -0.4 is 0 Å². The van der Waals surface area contributed by atoms with E-state index in [1.807, 2.05) is 25.1 Å². The van der Waals surface area contributed by atoms with E-state index in [-0.39, 0.29) is 0 Å². The van der Waals surface area contributed by atoms with Crippen LogP contribution in [-0.2, 0) is 6.42 Å². The first kappa shape index (κ1) is 10.3. The third kappa shape index (κ3) is 2.06. The molecule has 78 valence electrons. The minimum absolute atomic E-state index is 0.451. The average Bonchev–Trinajstić information content (AvgIpc) is 2.31. The molecule has 0 aliphatic heterocycles. The minimum atomic E-state index is 0.451. The topological polar surface area (TPSA) is 49.6 Å². The highest BCUT2D eigenvalue weighted by atomic mass is 14.8. The lowest BCUT2D eigenvalue weighted by molar-refractivity contribution is 1.16. The Hall–Kier alpha value is -2.21. The molecule has 0 amide bonds. The molecule has 0 saturated heterocycles. The van der Waals surface area contributed by atoms with Crippen molar-refractivity contribution in [2.24, 2.45) is 0 Å². The van der Waals surface area contributed by atoms with Crippen LogP contribution in [0.4, 0.5) is 0 Å². The van der Waals surface area contributed by atoms with E-state index in [9.17, 15) is 0 Å². The number of hydrogen-bond donors (Lipinski definition) is 0. The summed E-state index contributed by atoms with van der Waals surface area (Å²) >= 11 is 0. The van der Waals surface area contributed by atoms with Gasteiger partial charge in [-0.2, -0.15) is 5.26 Å². The Morgan fingerprint density at radius 2 is 2.00 bits per heavy atom. The summed E-state index contributed by atoms with van der Waals surface area (Å²) in [6, 6.07) is 8.16. The molecular weight excluding hydrogens is 198 g/mol. The third-order valence-electron chi connectivity index (χ3n) is 2.45. The van der Waals surface area contributed by atoms with Crippen LogP contribution in [0.2, 0.25) is 0 Å². The second kappa shape index (κ2) is 4.54. The Morgan fingerprint density at radius 3 is 2.62 bits per heavy atom. The Balaban J connectivity index is 2.41. The lowest BCUT2D eigenvalue weighted by Crippen LogP contribution is -1.89. The van der Waals surface area contributed by atoms with Gasteiger partial charge in [-0.1, -0.05) is 18.2 Å². The molecule has 0 spiro atoms. The van der Waals surface area contributed by atoms with Gasteiger partial charge in [-0.3, -0.25) is 0 Å². The zero-order valence-electron chi connectivity index (χ0n) is 9.01. The monoisotopic (exact) mass is 209 g/mol. The molecule has 1 aromatic heterocycles. The smallest absolute Gasteiger partial charge is 0.115 e. The van der Waals surface area contributed by atoms with Crippen LogP contribution in [0.3, 0.4) is 0 Å². The molecule has 16 heavy (non-hydrogen) atoms. The molecule has 0 fully saturated rings. The summed E-state index contributed by atoms with van der Waals surface area (Å²) < 4.78 is 0. The van der Waals surface area contributed by atoms with Gasteiger partial charge in [-0.25, -0.2) is 9.97 Å². The van der Waals surface area contributed by atoms with Gasteiger partial charge in [-0.15, -0.1) is 0 Å². The summed E-state index contributed by atoms with van der Waals surface area (Å²) in [6.45, 7) is 2.03. The van der Waals surface area contributed by atoms with E-state index in [0.717, 1.165) is 22.3 Å². The molecule has 0 unspecified atom stereocenters. The number of hydrogen-bond acceptors (Lipinski definition) is 3. The maximum absolute atomic E-state index is 8.63. The van der Waals surface area contributed by atoms with Gasteiger partial charge in [0.05, 0.1) is 12.5 Å². The van der Waals surface area contributed by atoms with Crippen molar-refractivity contribution in [2.45, 2.75) is 13.3 Å². The van der Waals surface area contributed by atoms with Crippen molar-refractivity contribution in [2.75, 3.05) is 0 Å². The lowest BCUT2D eigenvalue weighted by atomic mass is 10.00. The molecule has 0 bridgehead atoms. The largest absolute Gasteiger partial charge is 0.244 e. The number of nitriles is 1. The van der Waals surface area contributed by atoms with Gasteiger partial charge >= 0.3 is 0 Å². The van der Waals surface area contributed by atoms with E-state index < -0.39 is 0 Å². The van der Waals surface area contributed by atoms with Gasteiger partial charge in [0, 0.05) is 18.0 Å². The summed E-state index contributed by atoms with van der Waals surface area (Å²) in [7, 11) is 0. The van der Waals surface area contributed by atoms with E-state index in [1.165, 1.54) is 6.33 Å².